The molecule has 0 radical (unpaired) electrons. The Hall–Kier alpha value is -5.86. The zero-order valence-corrected chi connectivity index (χ0v) is 37.9. The molecule has 0 N–H and O–H groups in total. The van der Waals surface area contributed by atoms with Crippen LogP contribution in [-0.2, 0) is 31.1 Å². The molecule has 0 saturated heterocycles. The van der Waals surface area contributed by atoms with Crippen LogP contribution in [0.1, 0.15) is 128 Å². The third-order valence-electron chi connectivity index (χ3n) is 16.5. The molecular weight excluding hydrogens is 773 g/mol. The molecule has 2 heteroatoms. The van der Waals surface area contributed by atoms with Crippen molar-refractivity contribution in [2.75, 3.05) is 9.80 Å². The van der Waals surface area contributed by atoms with Gasteiger partial charge in [-0.15, -0.1) is 0 Å². The van der Waals surface area contributed by atoms with Gasteiger partial charge in [-0.1, -0.05) is 137 Å². The molecule has 8 aliphatic carbocycles. The van der Waals surface area contributed by atoms with Crippen LogP contribution in [0.15, 0.2) is 158 Å². The molecule has 15 rings (SSSR count). The molecule has 7 aromatic rings. The van der Waals surface area contributed by atoms with Crippen LogP contribution in [0.2, 0.25) is 0 Å². The molecule has 0 aromatic heterocycles. The van der Waals surface area contributed by atoms with Gasteiger partial charge in [0.1, 0.15) is 0 Å². The van der Waals surface area contributed by atoms with Crippen LogP contribution >= 0.6 is 0 Å². The van der Waals surface area contributed by atoms with Crippen molar-refractivity contribution in [3.63, 3.8) is 0 Å². The summed E-state index contributed by atoms with van der Waals surface area (Å²) in [5, 5.41) is 0. The minimum atomic E-state index is -0.0745. The summed E-state index contributed by atoms with van der Waals surface area (Å²) in [5.74, 6) is 3.25. The monoisotopic (exact) mass is 834 g/mol. The SMILES string of the molecule is CC1(C)c2ccccc2-c2ccc(N(c3ccc(C4CCCCC4)cc3)c3cc4ccc3CCc3ccc(c(N(c5ccccc5)c5ccc(C6CC7CCC6C7)cc5)c3)CC4)cc21. The number of anilines is 6. The summed E-state index contributed by atoms with van der Waals surface area (Å²) in [7, 11) is 0. The third kappa shape index (κ3) is 7.09. The number of rotatable bonds is 8. The Bertz CT molecular complexity index is 2810. The maximum Gasteiger partial charge on any atom is 0.0496 e. The second-order valence-electron chi connectivity index (χ2n) is 20.6. The quantitative estimate of drug-likeness (QED) is 0.150. The van der Waals surface area contributed by atoms with Gasteiger partial charge in [-0.25, -0.2) is 0 Å². The van der Waals surface area contributed by atoms with Gasteiger partial charge in [-0.05, 0) is 198 Å². The van der Waals surface area contributed by atoms with Crippen LogP contribution in [0.25, 0.3) is 11.1 Å². The maximum absolute atomic E-state index is 2.60. The largest absolute Gasteiger partial charge is 0.310 e. The lowest BCUT2D eigenvalue weighted by Crippen LogP contribution is -2.18. The molecule has 3 saturated carbocycles. The van der Waals surface area contributed by atoms with E-state index in [1.807, 2.05) is 0 Å². The molecule has 7 aromatic carbocycles. The fraction of sp³-hybridized carbons (Fsp3) is 0.323. The van der Waals surface area contributed by atoms with E-state index in [0.29, 0.717) is 5.92 Å². The van der Waals surface area contributed by atoms with E-state index in [-0.39, 0.29) is 5.41 Å². The van der Waals surface area contributed by atoms with Crippen molar-refractivity contribution < 1.29 is 0 Å². The van der Waals surface area contributed by atoms with Gasteiger partial charge in [0.05, 0.1) is 0 Å². The van der Waals surface area contributed by atoms with Crippen molar-refractivity contribution in [1.29, 1.82) is 0 Å². The number of aryl methyl sites for hydroxylation is 4. The van der Waals surface area contributed by atoms with Crippen molar-refractivity contribution in [3.05, 3.63) is 202 Å². The number of fused-ring (bicyclic) bond motifs is 5. The summed E-state index contributed by atoms with van der Waals surface area (Å²) in [5.41, 5.74) is 21.7. The van der Waals surface area contributed by atoms with Gasteiger partial charge in [0.2, 0.25) is 0 Å². The molecule has 64 heavy (non-hydrogen) atoms. The van der Waals surface area contributed by atoms with E-state index in [4.69, 9.17) is 0 Å². The molecule has 6 bridgehead atoms. The molecule has 8 aliphatic rings. The first-order valence-corrected chi connectivity index (χ1v) is 24.8. The predicted octanol–water partition coefficient (Wildman–Crippen LogP) is 16.8. The minimum Gasteiger partial charge on any atom is -0.310 e. The van der Waals surface area contributed by atoms with E-state index < -0.39 is 0 Å². The zero-order chi connectivity index (χ0) is 42.8. The molecular formula is C62H62N2. The highest BCUT2D eigenvalue weighted by Gasteiger charge is 2.40. The van der Waals surface area contributed by atoms with Crippen LogP contribution in [0, 0.1) is 11.8 Å². The lowest BCUT2D eigenvalue weighted by molar-refractivity contribution is 0.420. The highest BCUT2D eigenvalue weighted by molar-refractivity contribution is 5.86. The van der Waals surface area contributed by atoms with Gasteiger partial charge < -0.3 is 9.80 Å². The summed E-state index contributed by atoms with van der Waals surface area (Å²) in [4.78, 5) is 5.13. The molecule has 3 fully saturated rings. The topological polar surface area (TPSA) is 6.48 Å². The van der Waals surface area contributed by atoms with Crippen LogP contribution in [0.4, 0.5) is 34.1 Å². The van der Waals surface area contributed by atoms with Crippen LogP contribution in [0.5, 0.6) is 0 Å². The van der Waals surface area contributed by atoms with Gasteiger partial charge >= 0.3 is 0 Å². The fourth-order valence-corrected chi connectivity index (χ4v) is 13.0. The number of nitrogens with zero attached hydrogens (tertiary/aromatic N) is 2. The number of hydrogen-bond acceptors (Lipinski definition) is 2. The first-order valence-electron chi connectivity index (χ1n) is 24.8. The highest BCUT2D eigenvalue weighted by Crippen LogP contribution is 2.54. The van der Waals surface area contributed by atoms with Crippen molar-refractivity contribution >= 4 is 34.1 Å². The van der Waals surface area contributed by atoms with E-state index in [1.165, 1.54) is 142 Å². The normalized spacial score (nSPS) is 20.7. The van der Waals surface area contributed by atoms with Gasteiger partial charge in [0, 0.05) is 39.5 Å². The van der Waals surface area contributed by atoms with Gasteiger partial charge in [-0.2, -0.15) is 0 Å². The summed E-state index contributed by atoms with van der Waals surface area (Å²) < 4.78 is 0. The van der Waals surface area contributed by atoms with E-state index in [2.05, 4.69) is 181 Å². The van der Waals surface area contributed by atoms with Crippen molar-refractivity contribution in [3.8, 4) is 11.1 Å². The Morgan fingerprint density at radius 1 is 0.438 bits per heavy atom. The Balaban J connectivity index is 0.919. The minimum absolute atomic E-state index is 0.0745. The smallest absolute Gasteiger partial charge is 0.0496 e. The summed E-state index contributed by atoms with van der Waals surface area (Å²) in [6.07, 6.45) is 16.2. The maximum atomic E-state index is 2.60. The van der Waals surface area contributed by atoms with E-state index >= 15 is 0 Å². The lowest BCUT2D eigenvalue weighted by atomic mass is 9.82. The summed E-state index contributed by atoms with van der Waals surface area (Å²) in [6.45, 7) is 4.81. The second-order valence-corrected chi connectivity index (χ2v) is 20.6. The third-order valence-corrected chi connectivity index (χ3v) is 16.5. The molecule has 3 unspecified atom stereocenters. The van der Waals surface area contributed by atoms with Crippen molar-refractivity contribution in [2.24, 2.45) is 11.8 Å². The van der Waals surface area contributed by atoms with E-state index in [9.17, 15) is 0 Å². The molecule has 320 valence electrons. The van der Waals surface area contributed by atoms with Crippen LogP contribution < -0.4 is 9.80 Å². The van der Waals surface area contributed by atoms with Crippen molar-refractivity contribution in [2.45, 2.75) is 115 Å². The van der Waals surface area contributed by atoms with Crippen LogP contribution in [0.3, 0.4) is 0 Å². The predicted molar refractivity (Wildman–Crippen MR) is 269 cm³/mol. The highest BCUT2D eigenvalue weighted by atomic mass is 15.2. The summed E-state index contributed by atoms with van der Waals surface area (Å²) in [6, 6.07) is 61.6. The molecule has 0 spiro atoms. The molecule has 0 amide bonds. The standard InChI is InChI=1S/C62H62N2/c1-62(2)58-16-10-9-15-55(58)56-36-35-54(41-59(56)62)64(53-31-27-46(28-32-53)45-11-5-3-6-12-45)61-40-43-18-23-48-22-17-42(19-24-49(61)25-20-43)39-60(48)63(51-13-7-4-8-14-51)52-33-29-47(30-34-52)57-38-44-21-26-50(57)37-44/h4,7-10,13-17,20,22,25,27-36,39-41,44-45,50,57H,3,5-6,11-12,18-19,21,23-24,26,37-38H2,1-2H3. The van der Waals surface area contributed by atoms with Gasteiger partial charge in [0.25, 0.3) is 0 Å². The molecule has 3 atom stereocenters. The van der Waals surface area contributed by atoms with Crippen molar-refractivity contribution in [1.82, 2.24) is 0 Å². The first-order chi connectivity index (χ1) is 31.4. The van der Waals surface area contributed by atoms with Crippen LogP contribution in [-0.4, -0.2) is 0 Å². The Labute approximate surface area is 382 Å². The fourth-order valence-electron chi connectivity index (χ4n) is 13.0. The molecule has 0 heterocycles. The summed E-state index contributed by atoms with van der Waals surface area (Å²) >= 11 is 0. The van der Waals surface area contributed by atoms with E-state index in [1.54, 1.807) is 5.56 Å². The number of para-hydroxylation sites is 1. The molecule has 2 nitrogen and oxygen atoms in total. The second kappa shape index (κ2) is 16.3. The Morgan fingerprint density at radius 3 is 1.66 bits per heavy atom. The first kappa shape index (κ1) is 39.7. The zero-order valence-electron chi connectivity index (χ0n) is 37.9. The average Bonchev–Trinajstić information content (AvgIpc) is 4.04. The number of hydrogen-bond donors (Lipinski definition) is 0. The Kier molecular flexibility index (Phi) is 10.1. The molecule has 0 aliphatic heterocycles. The van der Waals surface area contributed by atoms with Gasteiger partial charge in [0.15, 0.2) is 0 Å². The van der Waals surface area contributed by atoms with Gasteiger partial charge in [-0.3, -0.25) is 0 Å². The number of benzene rings is 7. The van der Waals surface area contributed by atoms with E-state index in [0.717, 1.165) is 43.4 Å². The average molecular weight is 835 g/mol. The lowest BCUT2D eigenvalue weighted by Gasteiger charge is -2.31. The Morgan fingerprint density at radius 2 is 1.02 bits per heavy atom.